The van der Waals surface area contributed by atoms with E-state index in [1.165, 1.54) is 10.9 Å². The standard InChI is InChI=1S/C15H19N3O2S/c1-4-8-16-10(2)14-11(3)17-15(21-14)12-6-5-7-13(9-12)18(19)20/h5-7,9-10,16H,4,8H2,1-3H3. The van der Waals surface area contributed by atoms with E-state index in [0.29, 0.717) is 0 Å². The van der Waals surface area contributed by atoms with Gasteiger partial charge in [0.05, 0.1) is 10.6 Å². The van der Waals surface area contributed by atoms with Gasteiger partial charge in [0.1, 0.15) is 5.01 Å². The number of aromatic nitrogens is 1. The first-order valence-corrected chi connectivity index (χ1v) is 7.80. The zero-order chi connectivity index (χ0) is 15.4. The van der Waals surface area contributed by atoms with Crippen LogP contribution in [0.15, 0.2) is 24.3 Å². The van der Waals surface area contributed by atoms with Gasteiger partial charge in [-0.25, -0.2) is 4.98 Å². The number of rotatable bonds is 6. The first-order chi connectivity index (χ1) is 10.0. The molecular weight excluding hydrogens is 286 g/mol. The maximum atomic E-state index is 10.9. The van der Waals surface area contributed by atoms with E-state index >= 15 is 0 Å². The molecule has 1 unspecified atom stereocenters. The lowest BCUT2D eigenvalue weighted by Crippen LogP contribution is -2.18. The van der Waals surface area contributed by atoms with Gasteiger partial charge in [0.25, 0.3) is 5.69 Å². The summed E-state index contributed by atoms with van der Waals surface area (Å²) in [5.74, 6) is 0. The van der Waals surface area contributed by atoms with Gasteiger partial charge in [0, 0.05) is 28.6 Å². The highest BCUT2D eigenvalue weighted by atomic mass is 32.1. The smallest absolute Gasteiger partial charge is 0.270 e. The topological polar surface area (TPSA) is 68.1 Å². The molecule has 2 aromatic rings. The summed E-state index contributed by atoms with van der Waals surface area (Å²) >= 11 is 1.60. The summed E-state index contributed by atoms with van der Waals surface area (Å²) in [6.07, 6.45) is 1.08. The predicted molar refractivity (Wildman–Crippen MR) is 85.7 cm³/mol. The number of thiazole rings is 1. The zero-order valence-electron chi connectivity index (χ0n) is 12.4. The third-order valence-corrected chi connectivity index (χ3v) is 4.62. The second kappa shape index (κ2) is 6.78. The van der Waals surface area contributed by atoms with Crippen molar-refractivity contribution in [3.63, 3.8) is 0 Å². The summed E-state index contributed by atoms with van der Waals surface area (Å²) in [4.78, 5) is 16.2. The van der Waals surface area contributed by atoms with Gasteiger partial charge in [-0.05, 0) is 26.8 Å². The molecule has 5 nitrogen and oxygen atoms in total. The Morgan fingerprint density at radius 3 is 2.90 bits per heavy atom. The van der Waals surface area contributed by atoms with Crippen LogP contribution in [0.3, 0.4) is 0 Å². The number of hydrogen-bond donors (Lipinski definition) is 1. The van der Waals surface area contributed by atoms with Crippen LogP contribution in [0, 0.1) is 17.0 Å². The van der Waals surface area contributed by atoms with Crippen LogP contribution in [0.2, 0.25) is 0 Å². The van der Waals surface area contributed by atoms with Gasteiger partial charge >= 0.3 is 0 Å². The van der Waals surface area contributed by atoms with Crippen LogP contribution in [-0.4, -0.2) is 16.5 Å². The fraction of sp³-hybridized carbons (Fsp3) is 0.400. The minimum atomic E-state index is -0.379. The van der Waals surface area contributed by atoms with Crippen LogP contribution in [0.5, 0.6) is 0 Å². The first kappa shape index (κ1) is 15.6. The van der Waals surface area contributed by atoms with E-state index in [9.17, 15) is 10.1 Å². The van der Waals surface area contributed by atoms with Gasteiger partial charge < -0.3 is 5.32 Å². The van der Waals surface area contributed by atoms with Gasteiger partial charge in [-0.3, -0.25) is 10.1 Å². The average molecular weight is 305 g/mol. The molecule has 0 amide bonds. The SMILES string of the molecule is CCCNC(C)c1sc(-c2cccc([N+](=O)[O-])c2)nc1C. The number of non-ortho nitro benzene ring substituents is 1. The molecule has 6 heteroatoms. The summed E-state index contributed by atoms with van der Waals surface area (Å²) in [6, 6.07) is 6.87. The molecule has 21 heavy (non-hydrogen) atoms. The minimum absolute atomic E-state index is 0.0964. The highest BCUT2D eigenvalue weighted by Gasteiger charge is 2.16. The maximum absolute atomic E-state index is 10.9. The lowest BCUT2D eigenvalue weighted by atomic mass is 10.2. The number of nitro benzene ring substituents is 1. The Kier molecular flexibility index (Phi) is 5.03. The predicted octanol–water partition coefficient (Wildman–Crippen LogP) is 4.09. The maximum Gasteiger partial charge on any atom is 0.270 e. The number of aryl methyl sites for hydroxylation is 1. The second-order valence-corrected chi connectivity index (χ2v) is 5.98. The first-order valence-electron chi connectivity index (χ1n) is 6.98. The molecule has 0 aliphatic carbocycles. The van der Waals surface area contributed by atoms with Crippen LogP contribution in [0.25, 0.3) is 10.6 Å². The quantitative estimate of drug-likeness (QED) is 0.645. The molecule has 0 bridgehead atoms. The Labute approximate surface area is 128 Å². The summed E-state index contributed by atoms with van der Waals surface area (Å²) in [6.45, 7) is 7.20. The van der Waals surface area contributed by atoms with Gasteiger partial charge in [-0.2, -0.15) is 0 Å². The van der Waals surface area contributed by atoms with E-state index in [0.717, 1.165) is 29.2 Å². The number of benzene rings is 1. The molecule has 0 fully saturated rings. The monoisotopic (exact) mass is 305 g/mol. The van der Waals surface area contributed by atoms with Crippen molar-refractivity contribution >= 4 is 17.0 Å². The van der Waals surface area contributed by atoms with E-state index in [2.05, 4.69) is 24.1 Å². The Hall–Kier alpha value is -1.79. The van der Waals surface area contributed by atoms with E-state index in [4.69, 9.17) is 0 Å². The normalized spacial score (nSPS) is 12.3. The fourth-order valence-electron chi connectivity index (χ4n) is 2.14. The van der Waals surface area contributed by atoms with Gasteiger partial charge in [-0.15, -0.1) is 11.3 Å². The van der Waals surface area contributed by atoms with Crippen molar-refractivity contribution in [3.8, 4) is 10.6 Å². The number of nitro groups is 1. The van der Waals surface area contributed by atoms with Gasteiger partial charge in [-0.1, -0.05) is 19.1 Å². The van der Waals surface area contributed by atoms with Crippen LogP contribution in [-0.2, 0) is 0 Å². The molecular formula is C15H19N3O2S. The molecule has 0 aliphatic heterocycles. The summed E-state index contributed by atoms with van der Waals surface area (Å²) in [5, 5.41) is 15.1. The number of nitrogens with one attached hydrogen (secondary N) is 1. The summed E-state index contributed by atoms with van der Waals surface area (Å²) in [5.41, 5.74) is 1.88. The Balaban J connectivity index is 2.29. The number of nitrogens with zero attached hydrogens (tertiary/aromatic N) is 2. The zero-order valence-corrected chi connectivity index (χ0v) is 13.2. The highest BCUT2D eigenvalue weighted by molar-refractivity contribution is 7.15. The van der Waals surface area contributed by atoms with E-state index in [-0.39, 0.29) is 16.7 Å². The van der Waals surface area contributed by atoms with E-state index in [1.54, 1.807) is 23.5 Å². The Bertz CT molecular complexity index is 640. The minimum Gasteiger partial charge on any atom is -0.309 e. The molecule has 112 valence electrons. The van der Waals surface area contributed by atoms with Crippen molar-refractivity contribution in [2.24, 2.45) is 0 Å². The lowest BCUT2D eigenvalue weighted by Gasteiger charge is -2.11. The van der Waals surface area contributed by atoms with E-state index < -0.39 is 0 Å². The third-order valence-electron chi connectivity index (χ3n) is 3.23. The molecule has 2 rings (SSSR count). The van der Waals surface area contributed by atoms with Crippen molar-refractivity contribution in [2.45, 2.75) is 33.2 Å². The average Bonchev–Trinajstić information content (AvgIpc) is 2.87. The van der Waals surface area contributed by atoms with Crippen molar-refractivity contribution < 1.29 is 4.92 Å². The number of hydrogen-bond acceptors (Lipinski definition) is 5. The van der Waals surface area contributed by atoms with Crippen LogP contribution < -0.4 is 5.32 Å². The molecule has 0 saturated carbocycles. The molecule has 0 aliphatic rings. The van der Waals surface area contributed by atoms with Crippen molar-refractivity contribution in [2.75, 3.05) is 6.54 Å². The fourth-order valence-corrected chi connectivity index (χ4v) is 3.23. The van der Waals surface area contributed by atoms with Crippen LogP contribution in [0.4, 0.5) is 5.69 Å². The third kappa shape index (κ3) is 3.65. The lowest BCUT2D eigenvalue weighted by molar-refractivity contribution is -0.384. The Morgan fingerprint density at radius 2 is 2.24 bits per heavy atom. The molecule has 1 atom stereocenters. The molecule has 1 aromatic carbocycles. The van der Waals surface area contributed by atoms with Crippen LogP contribution in [0.1, 0.15) is 36.9 Å². The molecule has 0 saturated heterocycles. The Morgan fingerprint density at radius 1 is 1.48 bits per heavy atom. The molecule has 1 aromatic heterocycles. The van der Waals surface area contributed by atoms with E-state index in [1.807, 2.05) is 13.0 Å². The van der Waals surface area contributed by atoms with Crippen molar-refractivity contribution in [1.29, 1.82) is 0 Å². The summed E-state index contributed by atoms with van der Waals surface area (Å²) in [7, 11) is 0. The molecule has 1 heterocycles. The van der Waals surface area contributed by atoms with Gasteiger partial charge in [0.2, 0.25) is 0 Å². The van der Waals surface area contributed by atoms with Gasteiger partial charge in [0.15, 0.2) is 0 Å². The molecule has 0 radical (unpaired) electrons. The molecule has 0 spiro atoms. The largest absolute Gasteiger partial charge is 0.309 e. The summed E-state index contributed by atoms with van der Waals surface area (Å²) < 4.78 is 0. The van der Waals surface area contributed by atoms with Crippen LogP contribution >= 0.6 is 11.3 Å². The highest BCUT2D eigenvalue weighted by Crippen LogP contribution is 2.33. The van der Waals surface area contributed by atoms with Crippen molar-refractivity contribution in [1.82, 2.24) is 10.3 Å². The van der Waals surface area contributed by atoms with Crippen molar-refractivity contribution in [3.05, 3.63) is 45.0 Å². The second-order valence-electron chi connectivity index (χ2n) is 4.95. The molecule has 1 N–H and O–H groups in total.